The van der Waals surface area contributed by atoms with Crippen LogP contribution in [-0.4, -0.2) is 66.1 Å². The number of hydrogen-bond acceptors (Lipinski definition) is 4. The average molecular weight is 390 g/mol. The molecule has 0 atom stereocenters. The van der Waals surface area contributed by atoms with Crippen LogP contribution in [0.25, 0.3) is 0 Å². The van der Waals surface area contributed by atoms with E-state index < -0.39 is 5.60 Å². The number of ether oxygens (including phenoxy) is 1. The van der Waals surface area contributed by atoms with Crippen LogP contribution in [0.1, 0.15) is 32.8 Å². The molecule has 2 rings (SSSR count). The minimum Gasteiger partial charge on any atom is -0.444 e. The zero-order valence-corrected chi connectivity index (χ0v) is 17.0. The van der Waals surface area contributed by atoms with Gasteiger partial charge in [-0.25, -0.2) is 4.79 Å². The van der Waals surface area contributed by atoms with Crippen LogP contribution in [0.4, 0.5) is 4.79 Å². The van der Waals surface area contributed by atoms with Gasteiger partial charge in [0, 0.05) is 39.1 Å². The van der Waals surface area contributed by atoms with Crippen molar-refractivity contribution in [1.82, 2.24) is 15.1 Å². The van der Waals surface area contributed by atoms with Gasteiger partial charge in [-0.3, -0.25) is 9.79 Å². The summed E-state index contributed by atoms with van der Waals surface area (Å²) in [6, 6.07) is 9.75. The van der Waals surface area contributed by atoms with Gasteiger partial charge in [-0.05, 0) is 26.3 Å². The molecular weight excluding hydrogens is 358 g/mol. The lowest BCUT2D eigenvalue weighted by atomic mass is 10.2. The Labute approximate surface area is 166 Å². The van der Waals surface area contributed by atoms with Gasteiger partial charge >= 0.3 is 6.09 Å². The Morgan fingerprint density at radius 1 is 1.11 bits per heavy atom. The Morgan fingerprint density at radius 3 is 2.32 bits per heavy atom. The van der Waals surface area contributed by atoms with Crippen LogP contribution in [0, 0.1) is 0 Å². The first-order valence-electron chi connectivity index (χ1n) is 9.58. The highest BCUT2D eigenvalue weighted by Crippen LogP contribution is 2.11. The molecule has 28 heavy (non-hydrogen) atoms. The van der Waals surface area contributed by atoms with Crippen LogP contribution in [-0.2, 0) is 16.1 Å². The number of nitrogens with two attached hydrogens (primary N) is 1. The molecule has 1 saturated heterocycles. The van der Waals surface area contributed by atoms with Crippen LogP contribution in [0.5, 0.6) is 0 Å². The Balaban J connectivity index is 1.68. The highest BCUT2D eigenvalue weighted by molar-refractivity contribution is 5.80. The summed E-state index contributed by atoms with van der Waals surface area (Å²) in [5.74, 6) is 0.342. The number of nitrogens with zero attached hydrogens (tertiary/aromatic N) is 3. The third-order valence-corrected chi connectivity index (χ3v) is 4.20. The fourth-order valence-electron chi connectivity index (χ4n) is 2.70. The maximum Gasteiger partial charge on any atom is 0.410 e. The van der Waals surface area contributed by atoms with Gasteiger partial charge in [-0.15, -0.1) is 0 Å². The molecule has 154 valence electrons. The molecule has 1 fully saturated rings. The number of carbonyl (C=O) groups excluding carboxylic acids is 2. The first kappa shape index (κ1) is 21.5. The van der Waals surface area contributed by atoms with Gasteiger partial charge in [0.1, 0.15) is 5.60 Å². The van der Waals surface area contributed by atoms with Gasteiger partial charge in [0.05, 0.1) is 6.54 Å². The van der Waals surface area contributed by atoms with Gasteiger partial charge in [0.25, 0.3) is 0 Å². The van der Waals surface area contributed by atoms with E-state index in [1.807, 2.05) is 56.0 Å². The SMILES string of the molecule is CC(C)(C)OC(=O)N1CCN(C(N)=NCCC(=O)NCc2ccccc2)CC1. The van der Waals surface area contributed by atoms with E-state index in [9.17, 15) is 9.59 Å². The fourth-order valence-corrected chi connectivity index (χ4v) is 2.70. The van der Waals surface area contributed by atoms with Crippen LogP contribution in [0.3, 0.4) is 0 Å². The van der Waals surface area contributed by atoms with E-state index in [2.05, 4.69) is 10.3 Å². The molecule has 0 saturated carbocycles. The zero-order chi connectivity index (χ0) is 20.6. The monoisotopic (exact) mass is 389 g/mol. The normalized spacial score (nSPS) is 15.3. The summed E-state index contributed by atoms with van der Waals surface area (Å²) in [5, 5.41) is 2.87. The Bertz CT molecular complexity index is 677. The van der Waals surface area contributed by atoms with Crippen LogP contribution in [0.15, 0.2) is 35.3 Å². The molecule has 0 aliphatic carbocycles. The van der Waals surface area contributed by atoms with Gasteiger partial charge < -0.3 is 25.6 Å². The number of aliphatic imine (C=N–C) groups is 1. The lowest BCUT2D eigenvalue weighted by Crippen LogP contribution is -2.53. The number of piperazine rings is 1. The van der Waals surface area contributed by atoms with Crippen LogP contribution >= 0.6 is 0 Å². The molecule has 1 aliphatic rings. The zero-order valence-electron chi connectivity index (χ0n) is 17.0. The van der Waals surface area contributed by atoms with E-state index in [-0.39, 0.29) is 18.4 Å². The van der Waals surface area contributed by atoms with Gasteiger partial charge in [-0.1, -0.05) is 30.3 Å². The molecule has 0 aromatic heterocycles. The Hall–Kier alpha value is -2.77. The number of rotatable bonds is 5. The summed E-state index contributed by atoms with van der Waals surface area (Å²) in [6.45, 7) is 8.63. The van der Waals surface area contributed by atoms with Gasteiger partial charge in [0.2, 0.25) is 5.91 Å². The molecule has 2 amide bonds. The largest absolute Gasteiger partial charge is 0.444 e. The van der Waals surface area contributed by atoms with Gasteiger partial charge in [0.15, 0.2) is 5.96 Å². The molecular formula is C20H31N5O3. The summed E-state index contributed by atoms with van der Waals surface area (Å²) in [7, 11) is 0. The summed E-state index contributed by atoms with van der Waals surface area (Å²) in [6.07, 6.45) is -0.0245. The molecule has 1 aliphatic heterocycles. The van der Waals surface area contributed by atoms with Crippen molar-refractivity contribution in [2.45, 2.75) is 39.3 Å². The number of hydrogen-bond donors (Lipinski definition) is 2. The lowest BCUT2D eigenvalue weighted by molar-refractivity contribution is -0.121. The summed E-state index contributed by atoms with van der Waals surface area (Å²) in [4.78, 5) is 31.9. The van der Waals surface area contributed by atoms with E-state index in [0.29, 0.717) is 45.2 Å². The predicted molar refractivity (Wildman–Crippen MR) is 109 cm³/mol. The molecule has 8 heteroatoms. The second-order valence-corrected chi connectivity index (χ2v) is 7.71. The molecule has 8 nitrogen and oxygen atoms in total. The Kier molecular flexibility index (Phi) is 7.66. The van der Waals surface area contributed by atoms with E-state index in [4.69, 9.17) is 10.5 Å². The highest BCUT2D eigenvalue weighted by Gasteiger charge is 2.26. The van der Waals surface area contributed by atoms with E-state index in [0.717, 1.165) is 5.56 Å². The first-order chi connectivity index (χ1) is 13.2. The van der Waals surface area contributed by atoms with Gasteiger partial charge in [-0.2, -0.15) is 0 Å². The first-order valence-corrected chi connectivity index (χ1v) is 9.58. The Morgan fingerprint density at radius 2 is 1.71 bits per heavy atom. The van der Waals surface area contributed by atoms with Crippen LogP contribution < -0.4 is 11.1 Å². The molecule has 1 heterocycles. The molecule has 0 spiro atoms. The van der Waals surface area contributed by atoms with E-state index >= 15 is 0 Å². The third-order valence-electron chi connectivity index (χ3n) is 4.20. The van der Waals surface area contributed by atoms with E-state index in [1.54, 1.807) is 4.90 Å². The topological polar surface area (TPSA) is 100 Å². The summed E-state index contributed by atoms with van der Waals surface area (Å²) >= 11 is 0. The minimum atomic E-state index is -0.504. The maximum absolute atomic E-state index is 12.1. The summed E-state index contributed by atoms with van der Waals surface area (Å²) < 4.78 is 5.38. The molecule has 0 unspecified atom stereocenters. The van der Waals surface area contributed by atoms with Crippen molar-refractivity contribution in [3.63, 3.8) is 0 Å². The van der Waals surface area contributed by atoms with Crippen LogP contribution in [0.2, 0.25) is 0 Å². The maximum atomic E-state index is 12.1. The van der Waals surface area contributed by atoms with Crippen molar-refractivity contribution >= 4 is 18.0 Å². The fraction of sp³-hybridized carbons (Fsp3) is 0.550. The quantitative estimate of drug-likeness (QED) is 0.588. The van der Waals surface area contributed by atoms with Crippen molar-refractivity contribution in [1.29, 1.82) is 0 Å². The number of benzene rings is 1. The second-order valence-electron chi connectivity index (χ2n) is 7.71. The minimum absolute atomic E-state index is 0.0600. The average Bonchev–Trinajstić information content (AvgIpc) is 2.66. The number of amides is 2. The number of carbonyl (C=O) groups is 2. The summed E-state index contributed by atoms with van der Waals surface area (Å²) in [5.41, 5.74) is 6.59. The van der Waals surface area contributed by atoms with Crippen molar-refractivity contribution in [3.8, 4) is 0 Å². The third kappa shape index (κ3) is 7.46. The smallest absolute Gasteiger partial charge is 0.410 e. The van der Waals surface area contributed by atoms with Crippen molar-refractivity contribution in [3.05, 3.63) is 35.9 Å². The number of nitrogens with one attached hydrogen (secondary N) is 1. The highest BCUT2D eigenvalue weighted by atomic mass is 16.6. The van der Waals surface area contributed by atoms with E-state index in [1.165, 1.54) is 0 Å². The lowest BCUT2D eigenvalue weighted by Gasteiger charge is -2.36. The molecule has 1 aromatic rings. The molecule has 1 aromatic carbocycles. The van der Waals surface area contributed by atoms with Crippen molar-refractivity contribution in [2.75, 3.05) is 32.7 Å². The molecule has 3 N–H and O–H groups in total. The molecule has 0 bridgehead atoms. The molecule has 0 radical (unpaired) electrons. The van der Waals surface area contributed by atoms with Crippen molar-refractivity contribution < 1.29 is 14.3 Å². The number of guanidine groups is 1. The standard InChI is InChI=1S/C20H31N5O3/c1-20(2,3)28-19(27)25-13-11-24(12-14-25)18(21)22-10-9-17(26)23-15-16-7-5-4-6-8-16/h4-8H,9-15H2,1-3H3,(H2,21,22)(H,23,26). The van der Waals surface area contributed by atoms with Crippen molar-refractivity contribution in [2.24, 2.45) is 10.7 Å². The predicted octanol–water partition coefficient (Wildman–Crippen LogP) is 1.56. The second kappa shape index (κ2) is 9.96.